The predicted octanol–water partition coefficient (Wildman–Crippen LogP) is 2.19. The number of alkyl halides is 3. The number of halogens is 4. The molecule has 2 N–H and O–H groups in total. The third kappa shape index (κ3) is 4.46. The number of aliphatic hydroxyl groups excluding tert-OH is 1. The summed E-state index contributed by atoms with van der Waals surface area (Å²) in [4.78, 5) is 25.0. The number of hydrogen-bond donors (Lipinski definition) is 2. The number of aromatic nitrogens is 3. The van der Waals surface area contributed by atoms with E-state index in [0.29, 0.717) is 10.6 Å². The summed E-state index contributed by atoms with van der Waals surface area (Å²) in [5.41, 5.74) is -0.933. The molecule has 29 heavy (non-hydrogen) atoms. The Labute approximate surface area is 165 Å². The molecule has 0 spiro atoms. The number of rotatable bonds is 6. The topological polar surface area (TPSA) is 110 Å². The fourth-order valence-electron chi connectivity index (χ4n) is 2.31. The smallest absolute Gasteiger partial charge is 0.284 e. The van der Waals surface area contributed by atoms with E-state index < -0.39 is 35.9 Å². The van der Waals surface area contributed by atoms with Gasteiger partial charge in [0.15, 0.2) is 6.10 Å². The van der Waals surface area contributed by atoms with Gasteiger partial charge in [-0.25, -0.2) is 13.2 Å². The molecule has 12 heteroatoms. The first-order valence-corrected chi connectivity index (χ1v) is 8.37. The molecule has 1 unspecified atom stereocenters. The van der Waals surface area contributed by atoms with Gasteiger partial charge in [0, 0.05) is 10.6 Å². The first-order valence-electron chi connectivity index (χ1n) is 7.99. The van der Waals surface area contributed by atoms with Crippen molar-refractivity contribution in [2.75, 3.05) is 0 Å². The van der Waals surface area contributed by atoms with E-state index in [1.54, 1.807) is 29.6 Å². The Kier molecular flexibility index (Phi) is 5.99. The molecular formula is C17H12ClF3N4O4. The summed E-state index contributed by atoms with van der Waals surface area (Å²) in [6, 6.07) is 7.28. The maximum atomic E-state index is 13.7. The normalized spacial score (nSPS) is 13.3. The van der Waals surface area contributed by atoms with Gasteiger partial charge < -0.3 is 14.9 Å². The third-order valence-electron chi connectivity index (χ3n) is 3.79. The number of carbonyl (C=O) groups is 1. The number of aliphatic hydroxyl groups is 1. The molecule has 2 heterocycles. The van der Waals surface area contributed by atoms with Crippen LogP contribution in [0, 0.1) is 0 Å². The first kappa shape index (κ1) is 20.6. The van der Waals surface area contributed by atoms with E-state index in [1.807, 2.05) is 0 Å². The maximum absolute atomic E-state index is 13.7. The number of hydrogen-bond acceptors (Lipinski definition) is 6. The van der Waals surface area contributed by atoms with Crippen LogP contribution in [0.4, 0.5) is 13.2 Å². The van der Waals surface area contributed by atoms with E-state index in [1.165, 1.54) is 0 Å². The predicted molar refractivity (Wildman–Crippen MR) is 94.7 cm³/mol. The van der Waals surface area contributed by atoms with Gasteiger partial charge in [-0.3, -0.25) is 9.59 Å². The second-order valence-corrected chi connectivity index (χ2v) is 6.19. The van der Waals surface area contributed by atoms with Crippen LogP contribution in [-0.4, -0.2) is 44.8 Å². The van der Waals surface area contributed by atoms with Crippen molar-refractivity contribution < 1.29 is 27.6 Å². The lowest BCUT2D eigenvalue weighted by atomic mass is 10.1. The van der Waals surface area contributed by atoms with Crippen molar-refractivity contribution in [2.45, 2.75) is 18.8 Å². The lowest BCUT2D eigenvalue weighted by Crippen LogP contribution is -2.45. The fraction of sp³-hybridized carbons (Fsp3) is 0.176. The summed E-state index contributed by atoms with van der Waals surface area (Å²) in [6.45, 7) is 0. The van der Waals surface area contributed by atoms with E-state index in [2.05, 4.69) is 14.8 Å². The minimum atomic E-state index is -3.43. The molecule has 0 aliphatic rings. The van der Waals surface area contributed by atoms with Crippen molar-refractivity contribution in [1.82, 2.24) is 20.3 Å². The Morgan fingerprint density at radius 1 is 1.24 bits per heavy atom. The second kappa shape index (κ2) is 8.45. The van der Waals surface area contributed by atoms with E-state index in [9.17, 15) is 22.8 Å². The quantitative estimate of drug-likeness (QED) is 0.582. The first-order chi connectivity index (χ1) is 13.8. The fourth-order valence-corrected chi connectivity index (χ4v) is 2.44. The molecule has 3 aromatic rings. The number of amides is 1. The van der Waals surface area contributed by atoms with Crippen LogP contribution in [0.25, 0.3) is 16.9 Å². The van der Waals surface area contributed by atoms with Gasteiger partial charge in [0.05, 0.1) is 11.9 Å². The van der Waals surface area contributed by atoms with Crippen molar-refractivity contribution in [3.8, 4) is 16.9 Å². The number of benzene rings is 1. The van der Waals surface area contributed by atoms with Crippen molar-refractivity contribution in [3.63, 3.8) is 0 Å². The molecule has 152 valence electrons. The molecule has 2 aromatic heterocycles. The van der Waals surface area contributed by atoms with Gasteiger partial charge >= 0.3 is 0 Å². The standard InChI is InChI=1S/C17H12ClF3N4O4/c18-9-3-1-8(2-4-9)12-5-11(16(27)23-15(21)13(26)14(19)20)17(28)25(24-12)10-6-22-29-7-10/h1-7,13-15,26H,(H,23,27)/t13-,15?/m1/s1. The molecule has 0 saturated heterocycles. The average Bonchev–Trinajstić information content (AvgIpc) is 3.22. The highest BCUT2D eigenvalue weighted by molar-refractivity contribution is 6.30. The van der Waals surface area contributed by atoms with Crippen LogP contribution in [-0.2, 0) is 0 Å². The minimum absolute atomic E-state index is 0.0734. The van der Waals surface area contributed by atoms with Gasteiger partial charge in [-0.2, -0.15) is 9.78 Å². The van der Waals surface area contributed by atoms with Crippen LogP contribution in [0.3, 0.4) is 0 Å². The second-order valence-electron chi connectivity index (χ2n) is 5.75. The summed E-state index contributed by atoms with van der Waals surface area (Å²) in [5.74, 6) is -1.31. The number of carbonyl (C=O) groups excluding carboxylic acids is 1. The molecule has 0 aliphatic heterocycles. The van der Waals surface area contributed by atoms with Crippen molar-refractivity contribution in [1.29, 1.82) is 0 Å². The van der Waals surface area contributed by atoms with E-state index >= 15 is 0 Å². The SMILES string of the molecule is O=C(NC(F)[C@H](O)C(F)F)c1cc(-c2ccc(Cl)cc2)nn(-c2cnoc2)c1=O. The molecule has 3 rings (SSSR count). The lowest BCUT2D eigenvalue weighted by molar-refractivity contribution is -0.0551. The van der Waals surface area contributed by atoms with Crippen LogP contribution >= 0.6 is 11.6 Å². The van der Waals surface area contributed by atoms with E-state index in [-0.39, 0.29) is 11.4 Å². The molecule has 0 fully saturated rings. The van der Waals surface area contributed by atoms with Crippen LogP contribution in [0.1, 0.15) is 10.4 Å². The van der Waals surface area contributed by atoms with Gasteiger partial charge in [0.2, 0.25) is 6.30 Å². The summed E-state index contributed by atoms with van der Waals surface area (Å²) >= 11 is 5.84. The minimum Gasteiger partial charge on any atom is -0.382 e. The largest absolute Gasteiger partial charge is 0.382 e. The molecule has 1 amide bonds. The van der Waals surface area contributed by atoms with Crippen LogP contribution < -0.4 is 10.9 Å². The zero-order valence-electron chi connectivity index (χ0n) is 14.3. The Morgan fingerprint density at radius 3 is 2.52 bits per heavy atom. The highest BCUT2D eigenvalue weighted by Crippen LogP contribution is 2.20. The van der Waals surface area contributed by atoms with Crippen LogP contribution in [0.5, 0.6) is 0 Å². The lowest BCUT2D eigenvalue weighted by Gasteiger charge is -2.16. The van der Waals surface area contributed by atoms with Gasteiger partial charge in [-0.15, -0.1) is 0 Å². The highest BCUT2D eigenvalue weighted by atomic mass is 35.5. The monoisotopic (exact) mass is 428 g/mol. The van der Waals surface area contributed by atoms with Crippen LogP contribution in [0.15, 0.2) is 52.1 Å². The molecule has 1 aromatic carbocycles. The van der Waals surface area contributed by atoms with E-state index in [4.69, 9.17) is 16.7 Å². The van der Waals surface area contributed by atoms with Crippen LogP contribution in [0.2, 0.25) is 5.02 Å². The zero-order valence-corrected chi connectivity index (χ0v) is 15.1. The van der Waals surface area contributed by atoms with E-state index in [0.717, 1.165) is 23.2 Å². The number of nitrogens with zero attached hydrogens (tertiary/aromatic N) is 3. The molecule has 0 aliphatic carbocycles. The Bertz CT molecular complexity index is 1060. The van der Waals surface area contributed by atoms with Gasteiger partial charge in [-0.05, 0) is 18.2 Å². The van der Waals surface area contributed by atoms with Gasteiger partial charge in [0.25, 0.3) is 17.9 Å². The highest BCUT2D eigenvalue weighted by Gasteiger charge is 2.30. The molecule has 0 saturated carbocycles. The number of nitrogens with one attached hydrogen (secondary N) is 1. The Morgan fingerprint density at radius 2 is 1.93 bits per heavy atom. The molecule has 8 nitrogen and oxygen atoms in total. The molecule has 2 atom stereocenters. The summed E-state index contributed by atoms with van der Waals surface area (Å²) in [6.07, 6.45) is -6.74. The summed E-state index contributed by atoms with van der Waals surface area (Å²) in [5, 5.41) is 18.6. The molecular weight excluding hydrogens is 417 g/mol. The van der Waals surface area contributed by atoms with Crippen molar-refractivity contribution in [3.05, 3.63) is 63.7 Å². The summed E-state index contributed by atoms with van der Waals surface area (Å²) in [7, 11) is 0. The molecule has 0 radical (unpaired) electrons. The summed E-state index contributed by atoms with van der Waals surface area (Å²) < 4.78 is 44.0. The maximum Gasteiger partial charge on any atom is 0.284 e. The van der Waals surface area contributed by atoms with Gasteiger partial charge in [-0.1, -0.05) is 28.9 Å². The Hall–Kier alpha value is -3.18. The average molecular weight is 429 g/mol. The van der Waals surface area contributed by atoms with Gasteiger partial charge in [0.1, 0.15) is 17.5 Å². The molecule has 0 bridgehead atoms. The van der Waals surface area contributed by atoms with Crippen molar-refractivity contribution in [2.24, 2.45) is 0 Å². The third-order valence-corrected chi connectivity index (χ3v) is 4.04. The zero-order chi connectivity index (χ0) is 21.1. The van der Waals surface area contributed by atoms with Crippen molar-refractivity contribution >= 4 is 17.5 Å². The Balaban J connectivity index is 2.07.